The van der Waals surface area contributed by atoms with Gasteiger partial charge in [0.25, 0.3) is 0 Å². The molecule has 2 aromatic heterocycles. The third-order valence-corrected chi connectivity index (χ3v) is 4.08. The molecular formula is C16H14N4O3S. The second-order valence-electron chi connectivity index (χ2n) is 4.97. The number of fused-ring (bicyclic) bond motifs is 1. The van der Waals surface area contributed by atoms with Gasteiger partial charge >= 0.3 is 5.97 Å². The van der Waals surface area contributed by atoms with Gasteiger partial charge in [0.2, 0.25) is 5.91 Å². The van der Waals surface area contributed by atoms with E-state index in [1.54, 1.807) is 18.3 Å². The van der Waals surface area contributed by atoms with Crippen molar-refractivity contribution >= 4 is 40.5 Å². The van der Waals surface area contributed by atoms with Gasteiger partial charge in [0.1, 0.15) is 5.82 Å². The third kappa shape index (κ3) is 3.90. The van der Waals surface area contributed by atoms with Crippen LogP contribution in [-0.4, -0.2) is 43.4 Å². The van der Waals surface area contributed by atoms with Gasteiger partial charge in [0.05, 0.1) is 17.0 Å². The second kappa shape index (κ2) is 7.14. The summed E-state index contributed by atoms with van der Waals surface area (Å²) in [6, 6.07) is 11.0. The molecule has 122 valence electrons. The van der Waals surface area contributed by atoms with Crippen LogP contribution in [0, 0.1) is 0 Å². The third-order valence-electron chi connectivity index (χ3n) is 3.16. The van der Waals surface area contributed by atoms with Crippen LogP contribution in [0.3, 0.4) is 0 Å². The Balaban J connectivity index is 1.64. The highest BCUT2D eigenvalue weighted by molar-refractivity contribution is 8.00. The minimum atomic E-state index is -0.933. The summed E-state index contributed by atoms with van der Waals surface area (Å²) in [7, 11) is 0. The second-order valence-corrected chi connectivity index (χ2v) is 5.96. The monoisotopic (exact) mass is 342 g/mol. The van der Waals surface area contributed by atoms with Crippen LogP contribution >= 0.6 is 11.8 Å². The molecule has 3 aromatic rings. The predicted octanol–water partition coefficient (Wildman–Crippen LogP) is 2.38. The van der Waals surface area contributed by atoms with E-state index in [2.05, 4.69) is 20.3 Å². The standard InChI is InChI=1S/C16H14N4O3S/c21-13(8-24-9-14(22)23)18-11-5-3-10(4-6-11)15-19-12-2-1-7-17-16(12)20-15/h1-7H,8-9H2,(H,18,21)(H,22,23)(H,17,19,20). The number of nitrogens with zero attached hydrogens (tertiary/aromatic N) is 2. The summed E-state index contributed by atoms with van der Waals surface area (Å²) in [4.78, 5) is 33.9. The van der Waals surface area contributed by atoms with Gasteiger partial charge in [-0.15, -0.1) is 11.8 Å². The van der Waals surface area contributed by atoms with Gasteiger partial charge in [-0.3, -0.25) is 9.59 Å². The Morgan fingerprint density at radius 2 is 1.96 bits per heavy atom. The molecule has 3 N–H and O–H groups in total. The number of H-pyrrole nitrogens is 1. The molecule has 2 heterocycles. The van der Waals surface area contributed by atoms with E-state index < -0.39 is 5.97 Å². The van der Waals surface area contributed by atoms with Gasteiger partial charge < -0.3 is 15.4 Å². The maximum Gasteiger partial charge on any atom is 0.313 e. The lowest BCUT2D eigenvalue weighted by molar-refractivity contribution is -0.133. The summed E-state index contributed by atoms with van der Waals surface area (Å²) in [5, 5.41) is 11.3. The van der Waals surface area contributed by atoms with E-state index >= 15 is 0 Å². The fourth-order valence-electron chi connectivity index (χ4n) is 2.12. The SMILES string of the molecule is O=C(O)CSCC(=O)Nc1ccc(-c2nc3ncccc3[nH]2)cc1. The summed E-state index contributed by atoms with van der Waals surface area (Å²) >= 11 is 1.06. The van der Waals surface area contributed by atoms with Gasteiger partial charge in [-0.25, -0.2) is 9.97 Å². The first-order valence-corrected chi connectivity index (χ1v) is 8.28. The number of thioether (sulfide) groups is 1. The molecule has 3 rings (SSSR count). The van der Waals surface area contributed by atoms with E-state index in [1.807, 2.05) is 24.3 Å². The summed E-state index contributed by atoms with van der Waals surface area (Å²) < 4.78 is 0. The van der Waals surface area contributed by atoms with Crippen molar-refractivity contribution in [1.29, 1.82) is 0 Å². The van der Waals surface area contributed by atoms with E-state index in [9.17, 15) is 9.59 Å². The van der Waals surface area contributed by atoms with Crippen molar-refractivity contribution in [3.8, 4) is 11.4 Å². The minimum Gasteiger partial charge on any atom is -0.481 e. The summed E-state index contributed by atoms with van der Waals surface area (Å²) in [5.74, 6) is -0.451. The summed E-state index contributed by atoms with van der Waals surface area (Å²) in [6.07, 6.45) is 1.69. The van der Waals surface area contributed by atoms with Crippen molar-refractivity contribution < 1.29 is 14.7 Å². The van der Waals surface area contributed by atoms with Gasteiger partial charge in [-0.2, -0.15) is 0 Å². The average molecular weight is 342 g/mol. The lowest BCUT2D eigenvalue weighted by Crippen LogP contribution is -2.15. The molecule has 24 heavy (non-hydrogen) atoms. The Kier molecular flexibility index (Phi) is 4.76. The quantitative estimate of drug-likeness (QED) is 0.635. The molecule has 1 amide bonds. The number of aromatic amines is 1. The van der Waals surface area contributed by atoms with Gasteiger partial charge in [-0.1, -0.05) is 0 Å². The zero-order valence-electron chi connectivity index (χ0n) is 12.5. The molecule has 8 heteroatoms. The molecule has 0 unspecified atom stereocenters. The minimum absolute atomic E-state index is 0.0908. The zero-order valence-corrected chi connectivity index (χ0v) is 13.3. The first-order valence-electron chi connectivity index (χ1n) is 7.12. The molecule has 0 fully saturated rings. The highest BCUT2D eigenvalue weighted by atomic mass is 32.2. The molecule has 0 aliphatic rings. The molecule has 0 aliphatic heterocycles. The van der Waals surface area contributed by atoms with Gasteiger partial charge in [0, 0.05) is 17.4 Å². The smallest absolute Gasteiger partial charge is 0.313 e. The number of hydrogen-bond donors (Lipinski definition) is 3. The van der Waals surface area contributed by atoms with Crippen molar-refractivity contribution in [2.75, 3.05) is 16.8 Å². The predicted molar refractivity (Wildman–Crippen MR) is 92.9 cm³/mol. The fourth-order valence-corrected chi connectivity index (χ4v) is 2.66. The van der Waals surface area contributed by atoms with Crippen LogP contribution in [0.2, 0.25) is 0 Å². The van der Waals surface area contributed by atoms with Crippen LogP contribution in [0.4, 0.5) is 5.69 Å². The Morgan fingerprint density at radius 1 is 1.17 bits per heavy atom. The number of aromatic nitrogens is 3. The van der Waals surface area contributed by atoms with Crippen molar-refractivity contribution in [3.05, 3.63) is 42.6 Å². The summed E-state index contributed by atoms with van der Waals surface area (Å²) in [6.45, 7) is 0. The fraction of sp³-hybridized carbons (Fsp3) is 0.125. The number of benzene rings is 1. The van der Waals surface area contributed by atoms with E-state index in [-0.39, 0.29) is 17.4 Å². The lowest BCUT2D eigenvalue weighted by atomic mass is 10.2. The van der Waals surface area contributed by atoms with Crippen molar-refractivity contribution in [3.63, 3.8) is 0 Å². The number of aliphatic carboxylic acids is 1. The molecule has 0 saturated heterocycles. The summed E-state index contributed by atoms with van der Waals surface area (Å²) in [5.41, 5.74) is 3.04. The van der Waals surface area contributed by atoms with Crippen LogP contribution < -0.4 is 5.32 Å². The number of amides is 1. The number of hydrogen-bond acceptors (Lipinski definition) is 5. The number of carbonyl (C=O) groups is 2. The number of carbonyl (C=O) groups excluding carboxylic acids is 1. The topological polar surface area (TPSA) is 108 Å². The van der Waals surface area contributed by atoms with Crippen LogP contribution in [0.1, 0.15) is 0 Å². The maximum absolute atomic E-state index is 11.7. The first-order chi connectivity index (χ1) is 11.6. The lowest BCUT2D eigenvalue weighted by Gasteiger charge is -2.05. The van der Waals surface area contributed by atoms with E-state index in [0.29, 0.717) is 17.2 Å². The first kappa shape index (κ1) is 16.0. The average Bonchev–Trinajstić information content (AvgIpc) is 2.99. The largest absolute Gasteiger partial charge is 0.481 e. The Labute approximate surface area is 141 Å². The van der Waals surface area contributed by atoms with Crippen LogP contribution in [0.15, 0.2) is 42.6 Å². The number of carboxylic acid groups (broad SMARTS) is 1. The maximum atomic E-state index is 11.7. The number of nitrogens with one attached hydrogen (secondary N) is 2. The number of rotatable bonds is 6. The molecule has 0 radical (unpaired) electrons. The van der Waals surface area contributed by atoms with Crippen LogP contribution in [0.5, 0.6) is 0 Å². The molecule has 7 nitrogen and oxygen atoms in total. The van der Waals surface area contributed by atoms with E-state index in [0.717, 1.165) is 22.8 Å². The Morgan fingerprint density at radius 3 is 2.67 bits per heavy atom. The molecular weight excluding hydrogens is 328 g/mol. The normalized spacial score (nSPS) is 10.7. The van der Waals surface area contributed by atoms with Crippen LogP contribution in [-0.2, 0) is 9.59 Å². The molecule has 0 bridgehead atoms. The van der Waals surface area contributed by atoms with E-state index in [4.69, 9.17) is 5.11 Å². The van der Waals surface area contributed by atoms with Crippen molar-refractivity contribution in [2.24, 2.45) is 0 Å². The number of carboxylic acids is 1. The molecule has 0 atom stereocenters. The molecule has 1 aromatic carbocycles. The number of anilines is 1. The van der Waals surface area contributed by atoms with E-state index in [1.165, 1.54) is 0 Å². The van der Waals surface area contributed by atoms with Gasteiger partial charge in [0.15, 0.2) is 5.65 Å². The molecule has 0 aliphatic carbocycles. The highest BCUT2D eigenvalue weighted by Crippen LogP contribution is 2.21. The van der Waals surface area contributed by atoms with Crippen molar-refractivity contribution in [2.45, 2.75) is 0 Å². The van der Waals surface area contributed by atoms with Crippen LogP contribution in [0.25, 0.3) is 22.6 Å². The van der Waals surface area contributed by atoms with Crippen molar-refractivity contribution in [1.82, 2.24) is 15.0 Å². The highest BCUT2D eigenvalue weighted by Gasteiger charge is 2.07. The Hall–Kier alpha value is -2.87. The molecule has 0 spiro atoms. The zero-order chi connectivity index (χ0) is 16.9. The Bertz CT molecular complexity index is 843. The molecule has 0 saturated carbocycles. The van der Waals surface area contributed by atoms with Gasteiger partial charge in [-0.05, 0) is 36.4 Å². The number of imidazole rings is 1. The number of pyridine rings is 1.